The van der Waals surface area contributed by atoms with Crippen molar-refractivity contribution in [2.24, 2.45) is 29.4 Å². The zero-order valence-electron chi connectivity index (χ0n) is 64.6. The van der Waals surface area contributed by atoms with Gasteiger partial charge in [0, 0.05) is 62.1 Å². The largest absolute Gasteiger partial charge is 0.481 e. The van der Waals surface area contributed by atoms with E-state index < -0.39 is 262 Å². The Hall–Kier alpha value is -11.9. The number of carbonyl (C=O) groups is 20. The fourth-order valence-electron chi connectivity index (χ4n) is 12.6. The quantitative estimate of drug-likeness (QED) is 0.00779. The second-order valence-corrected chi connectivity index (χ2v) is 28.1. The van der Waals surface area contributed by atoms with Gasteiger partial charge in [-0.15, -0.1) is 0 Å². The molecule has 1 heterocycles. The monoisotopic (exact) mass is 1620 g/mol. The molecular formula is C76H106N13O26+. The van der Waals surface area contributed by atoms with Crippen molar-refractivity contribution in [3.05, 3.63) is 71.3 Å². The van der Waals surface area contributed by atoms with Gasteiger partial charge in [-0.25, -0.2) is 4.79 Å². The number of ketones is 4. The second kappa shape index (κ2) is 49.6. The van der Waals surface area contributed by atoms with Crippen LogP contribution in [-0.2, 0) is 112 Å². The molecule has 1 fully saturated rings. The number of aliphatic hydroxyl groups is 1. The predicted octanol–water partition coefficient (Wildman–Crippen LogP) is -3.36. The van der Waals surface area contributed by atoms with Crippen LogP contribution >= 0.6 is 0 Å². The Morgan fingerprint density at radius 2 is 1.26 bits per heavy atom. The zero-order valence-corrected chi connectivity index (χ0v) is 64.6. The van der Waals surface area contributed by atoms with Gasteiger partial charge in [-0.05, 0) is 74.3 Å². The van der Waals surface area contributed by atoms with Gasteiger partial charge in [-0.2, -0.15) is 0 Å². The Balaban J connectivity index is 1.87. The lowest BCUT2D eigenvalue weighted by atomic mass is 9.84. The number of para-hydroxylation sites is 1. The van der Waals surface area contributed by atoms with E-state index in [0.717, 1.165) is 63.5 Å². The number of carboxylic acid groups (broad SMARTS) is 2. The van der Waals surface area contributed by atoms with Gasteiger partial charge in [0.05, 0.1) is 63.0 Å². The van der Waals surface area contributed by atoms with Crippen LogP contribution in [0.1, 0.15) is 165 Å². The average Bonchev–Trinajstić information content (AvgIpc) is 1.28. The molecule has 2 aromatic carbocycles. The molecule has 1 aliphatic heterocycles. The summed E-state index contributed by atoms with van der Waals surface area (Å²) in [7, 11) is 0. The molecule has 0 aromatic heterocycles. The topological polar surface area (TPSA) is 630 Å². The first-order valence-corrected chi connectivity index (χ1v) is 37.8. The van der Waals surface area contributed by atoms with Crippen LogP contribution in [0.15, 0.2) is 54.6 Å². The molecule has 20 N–H and O–H groups in total. The summed E-state index contributed by atoms with van der Waals surface area (Å²) in [4.78, 5) is 273. The SMILES string of the molecule is CCCCCCCCCC(=O)N[C@@H](CC1=CCc2ccccc21)C(=O)N[C@H](CC(N)=O)C(=O)C[C@@H](CC(=O)O)C(=O)N[C@@H]1C(=O)NCC(=O)N[C@@H](CCC[NH3+])C(=O)C[C@@H](COC=O)C(=O)N[C@H](C)C(=O)N[C@@H](COC=O)C(=O)NCC(=O)N[C@H](CO)C(=O)C[C@@H](C(C)CC(=O)O)C(=O)N[C@@H](CC(=O)c2ccccc2N)C(=O)O[C@@H]1C. The third-order valence-corrected chi connectivity index (χ3v) is 19.0. The van der Waals surface area contributed by atoms with Crippen LogP contribution in [0.25, 0.3) is 5.57 Å². The van der Waals surface area contributed by atoms with Gasteiger partial charge in [0.2, 0.25) is 65.0 Å². The molecule has 115 heavy (non-hydrogen) atoms. The number of aliphatic hydroxyl groups excluding tert-OH is 1. The molecule has 13 atom stereocenters. The van der Waals surface area contributed by atoms with Crippen molar-refractivity contribution in [3.63, 3.8) is 0 Å². The zero-order chi connectivity index (χ0) is 85.4. The third kappa shape index (κ3) is 33.0. The summed E-state index contributed by atoms with van der Waals surface area (Å²) in [5.41, 5.74) is 17.5. The fourth-order valence-corrected chi connectivity index (χ4v) is 12.6. The number of carboxylic acids is 2. The summed E-state index contributed by atoms with van der Waals surface area (Å²) in [6.45, 7) is 0.205. The number of ether oxygens (including phenoxy) is 3. The highest BCUT2D eigenvalue weighted by atomic mass is 16.5. The molecule has 0 radical (unpaired) electrons. The minimum Gasteiger partial charge on any atom is -0.481 e. The van der Waals surface area contributed by atoms with Crippen LogP contribution in [0, 0.1) is 23.7 Å². The van der Waals surface area contributed by atoms with E-state index in [0.29, 0.717) is 18.4 Å². The number of benzene rings is 2. The first-order chi connectivity index (χ1) is 54.6. The molecule has 4 rings (SSSR count). The molecule has 0 saturated carbocycles. The number of amides is 11. The van der Waals surface area contributed by atoms with Crippen LogP contribution in [0.2, 0.25) is 0 Å². The summed E-state index contributed by atoms with van der Waals surface area (Å²) in [6, 6.07) is -2.20. The van der Waals surface area contributed by atoms with Crippen LogP contribution in [-0.4, -0.2) is 228 Å². The average molecular weight is 1620 g/mol. The molecule has 1 aliphatic carbocycles. The Morgan fingerprint density at radius 1 is 0.652 bits per heavy atom. The van der Waals surface area contributed by atoms with E-state index in [9.17, 15) is 111 Å². The van der Waals surface area contributed by atoms with Crippen LogP contribution in [0.5, 0.6) is 0 Å². The van der Waals surface area contributed by atoms with E-state index in [4.69, 9.17) is 20.9 Å². The minimum absolute atomic E-state index is 0.0222. The van der Waals surface area contributed by atoms with Crippen molar-refractivity contribution in [3.8, 4) is 0 Å². The Kier molecular flexibility index (Phi) is 41.2. The van der Waals surface area contributed by atoms with Crippen LogP contribution < -0.4 is 70.4 Å². The number of esters is 1. The maximum atomic E-state index is 14.9. The van der Waals surface area contributed by atoms with Gasteiger partial charge in [-0.3, -0.25) is 91.1 Å². The number of Topliss-reactive ketones (excluding diaryl/α,β-unsaturated/α-hetero) is 4. The number of nitrogens with two attached hydrogens (primary N) is 2. The molecule has 1 unspecified atom stereocenters. The molecule has 39 heteroatoms. The van der Waals surface area contributed by atoms with Gasteiger partial charge >= 0.3 is 17.9 Å². The highest BCUT2D eigenvalue weighted by molar-refractivity contribution is 6.05. The normalized spacial score (nSPS) is 21.7. The van der Waals surface area contributed by atoms with E-state index in [1.165, 1.54) is 31.2 Å². The molecule has 0 spiro atoms. The summed E-state index contributed by atoms with van der Waals surface area (Å²) in [6.07, 6.45) is -1.03. The summed E-state index contributed by atoms with van der Waals surface area (Å²) < 4.78 is 15.3. The van der Waals surface area contributed by atoms with Crippen molar-refractivity contribution in [2.45, 2.75) is 204 Å². The molecular weight excluding hydrogens is 1510 g/mol. The summed E-state index contributed by atoms with van der Waals surface area (Å²) >= 11 is 0. The fraction of sp³-hybridized carbons (Fsp3) is 0.553. The number of unbranched alkanes of at least 4 members (excludes halogenated alkanes) is 6. The number of aliphatic carboxylic acids is 2. The number of nitrogens with one attached hydrogen (secondary N) is 10. The van der Waals surface area contributed by atoms with Crippen LogP contribution in [0.3, 0.4) is 0 Å². The number of carbonyl (C=O) groups excluding carboxylic acids is 18. The number of fused-ring (bicyclic) bond motifs is 1. The molecule has 39 nitrogen and oxygen atoms in total. The highest BCUT2D eigenvalue weighted by Crippen LogP contribution is 2.31. The maximum Gasteiger partial charge on any atom is 0.329 e. The first-order valence-electron chi connectivity index (χ1n) is 37.8. The molecule has 0 bridgehead atoms. The van der Waals surface area contributed by atoms with E-state index >= 15 is 0 Å². The minimum atomic E-state index is -2.35. The van der Waals surface area contributed by atoms with Gasteiger partial charge in [0.1, 0.15) is 55.6 Å². The van der Waals surface area contributed by atoms with Crippen molar-refractivity contribution in [1.82, 2.24) is 53.2 Å². The smallest absolute Gasteiger partial charge is 0.329 e. The number of hydrogen-bond acceptors (Lipinski definition) is 25. The van der Waals surface area contributed by atoms with Gasteiger partial charge in [0.25, 0.3) is 12.9 Å². The van der Waals surface area contributed by atoms with Crippen molar-refractivity contribution in [1.29, 1.82) is 0 Å². The van der Waals surface area contributed by atoms with E-state index in [1.54, 1.807) is 6.07 Å². The number of anilines is 1. The summed E-state index contributed by atoms with van der Waals surface area (Å²) in [5.74, 6) is -29.0. The molecule has 2 aromatic rings. The Bertz CT molecular complexity index is 3870. The Morgan fingerprint density at radius 3 is 1.90 bits per heavy atom. The van der Waals surface area contributed by atoms with Crippen molar-refractivity contribution >= 4 is 130 Å². The maximum absolute atomic E-state index is 14.9. The van der Waals surface area contributed by atoms with Gasteiger partial charge in [0.15, 0.2) is 23.1 Å². The first kappa shape index (κ1) is 95.5. The van der Waals surface area contributed by atoms with E-state index in [1.807, 2.05) is 24.3 Å². The standard InChI is InChI=1S/C76H105N13O26/c1-5-6-7-8-9-10-11-22-63(98)84-54(27-45-24-23-44-17-12-13-18-48(44)45)74(110)86-53(33-62(79)97)60(95)28-46(30-67(103)104)70(106)89-68-43(4)115-76(112)55(32-58(93)49-19-14-15-20-51(49)78)87-72(108)50(41(2)26-66(101)102)31-61(96)56(36-90)85-65(100)34-80-73(109)57(38-114-40-92)88-69(105)42(3)82-71(107)47(37-113-39-91)29-59(94)52(21-16-25-77)83-64(99)35-81-75(68)111/h12-15,17-20,24,39-43,46-47,50,52-57,68,90H,5-11,16,21-23,25-38,77-78H2,1-4H3,(H2,79,97)(H,80,109)(H,81,111)(H,82,107)(H,83,99)(H,84,98)(H,85,100)(H,86,110)(H,87,108)(H,88,105)(H,89,106)(H,101,102)(H,103,104)/p+1/t41?,42-,43-,46+,47+,50+,52+,53-,54+,55+,56-,57+,68+/m1/s1. The number of primary amides is 1. The van der Waals surface area contributed by atoms with E-state index in [-0.39, 0.29) is 56.4 Å². The second-order valence-electron chi connectivity index (χ2n) is 28.1. The predicted molar refractivity (Wildman–Crippen MR) is 403 cm³/mol. The molecule has 630 valence electrons. The molecule has 1 saturated heterocycles. The lowest BCUT2D eigenvalue weighted by molar-refractivity contribution is -0.368. The highest BCUT2D eigenvalue weighted by Gasteiger charge is 2.41. The number of cyclic esters (lactones) is 1. The van der Waals surface area contributed by atoms with Crippen molar-refractivity contribution in [2.75, 3.05) is 45.2 Å². The third-order valence-electron chi connectivity index (χ3n) is 19.0. The van der Waals surface area contributed by atoms with E-state index in [2.05, 4.69) is 70.6 Å². The van der Waals surface area contributed by atoms with Crippen LogP contribution in [0.4, 0.5) is 5.69 Å². The lowest BCUT2D eigenvalue weighted by Crippen LogP contribution is -2.58. The Labute approximate surface area is 662 Å². The number of rotatable bonds is 38. The summed E-state index contributed by atoms with van der Waals surface area (Å²) in [5, 5.41) is 53.7. The van der Waals surface area contributed by atoms with Gasteiger partial charge < -0.3 is 99.9 Å². The molecule has 2 aliphatic rings. The number of hydrogen-bond donors (Lipinski definition) is 16. The molecule has 11 amide bonds. The number of allylic oxidation sites excluding steroid dienone is 1. The number of nitrogen functional groups attached to an aromatic ring is 1. The number of quaternary nitrogens is 1. The lowest BCUT2D eigenvalue weighted by Gasteiger charge is -2.29. The van der Waals surface area contributed by atoms with Gasteiger partial charge in [-0.1, -0.05) is 94.8 Å². The van der Waals surface area contributed by atoms with Crippen molar-refractivity contribution < 1.29 is 131 Å².